The molecule has 1 saturated heterocycles. The number of benzene rings is 3. The second kappa shape index (κ2) is 9.05. The normalized spacial score (nSPS) is 17.3. The quantitative estimate of drug-likeness (QED) is 0.205. The molecule has 0 radical (unpaired) electrons. The molecule has 4 aromatic rings. The summed E-state index contributed by atoms with van der Waals surface area (Å²) >= 11 is 7.22. The largest absolute Gasteiger partial charge is 0.508 e. The molecule has 1 atom stereocenters. The summed E-state index contributed by atoms with van der Waals surface area (Å²) in [6.07, 6.45) is 0. The molecule has 1 amide bonds. The lowest BCUT2D eigenvalue weighted by Gasteiger charge is -2.23. The number of rotatable bonds is 5. The number of halogens is 1. The van der Waals surface area contributed by atoms with Crippen LogP contribution in [0.15, 0.2) is 72.3 Å². The van der Waals surface area contributed by atoms with Gasteiger partial charge in [-0.3, -0.25) is 14.5 Å². The van der Waals surface area contributed by atoms with Gasteiger partial charge in [0.1, 0.15) is 17.3 Å². The zero-order valence-electron chi connectivity index (χ0n) is 18.4. The molecule has 1 unspecified atom stereocenters. The van der Waals surface area contributed by atoms with Crippen LogP contribution in [0.4, 0.5) is 5.13 Å². The smallest absolute Gasteiger partial charge is 0.301 e. The number of hydrogen-bond acceptors (Lipinski definition) is 7. The van der Waals surface area contributed by atoms with Gasteiger partial charge in [-0.25, -0.2) is 4.98 Å². The number of aromatic hydroxyl groups is 1. The molecule has 5 rings (SSSR count). The predicted molar refractivity (Wildman–Crippen MR) is 135 cm³/mol. The van der Waals surface area contributed by atoms with Crippen LogP contribution < -0.4 is 9.64 Å². The minimum atomic E-state index is -0.946. The molecule has 1 aliphatic rings. The highest BCUT2D eigenvalue weighted by molar-refractivity contribution is 7.22. The number of ketones is 1. The van der Waals surface area contributed by atoms with Gasteiger partial charge in [-0.2, -0.15) is 0 Å². The van der Waals surface area contributed by atoms with Crippen LogP contribution in [0.1, 0.15) is 24.1 Å². The lowest BCUT2D eigenvalue weighted by Crippen LogP contribution is -2.29. The summed E-state index contributed by atoms with van der Waals surface area (Å²) in [4.78, 5) is 32.4. The number of amides is 1. The first-order chi connectivity index (χ1) is 16.9. The van der Waals surface area contributed by atoms with Crippen molar-refractivity contribution >= 4 is 55.7 Å². The number of phenols is 1. The number of nitrogens with zero attached hydrogens (tertiary/aromatic N) is 2. The van der Waals surface area contributed by atoms with E-state index in [4.69, 9.17) is 16.3 Å². The van der Waals surface area contributed by atoms with Crippen LogP contribution in [0, 0.1) is 0 Å². The number of aliphatic hydroxyl groups excluding tert-OH is 1. The Morgan fingerprint density at radius 2 is 1.80 bits per heavy atom. The first kappa shape index (κ1) is 22.9. The Kier molecular flexibility index (Phi) is 5.92. The number of hydrogen-bond donors (Lipinski definition) is 2. The van der Waals surface area contributed by atoms with Crippen molar-refractivity contribution in [2.45, 2.75) is 13.0 Å². The van der Waals surface area contributed by atoms with Crippen molar-refractivity contribution in [2.24, 2.45) is 0 Å². The maximum atomic E-state index is 13.3. The van der Waals surface area contributed by atoms with E-state index in [1.54, 1.807) is 48.5 Å². The highest BCUT2D eigenvalue weighted by Gasteiger charge is 2.48. The molecule has 7 nitrogen and oxygen atoms in total. The van der Waals surface area contributed by atoms with Crippen molar-refractivity contribution in [3.63, 3.8) is 0 Å². The van der Waals surface area contributed by atoms with Crippen LogP contribution in [0.5, 0.6) is 11.5 Å². The lowest BCUT2D eigenvalue weighted by atomic mass is 9.95. The van der Waals surface area contributed by atoms with Crippen LogP contribution in [-0.2, 0) is 9.59 Å². The zero-order valence-corrected chi connectivity index (χ0v) is 20.0. The molecular formula is C26H19ClN2O5S. The average molecular weight is 507 g/mol. The summed E-state index contributed by atoms with van der Waals surface area (Å²) in [6.45, 7) is 2.40. The van der Waals surface area contributed by atoms with Gasteiger partial charge in [-0.1, -0.05) is 35.1 Å². The van der Waals surface area contributed by atoms with Crippen molar-refractivity contribution < 1.29 is 24.5 Å². The minimum Gasteiger partial charge on any atom is -0.508 e. The number of carbonyl (C=O) groups is 2. The van der Waals surface area contributed by atoms with Crippen molar-refractivity contribution in [3.05, 3.63) is 88.5 Å². The predicted octanol–water partition coefficient (Wildman–Crippen LogP) is 5.68. The summed E-state index contributed by atoms with van der Waals surface area (Å²) < 4.78 is 6.35. The van der Waals surface area contributed by atoms with Crippen LogP contribution in [0.3, 0.4) is 0 Å². The monoisotopic (exact) mass is 506 g/mol. The molecular weight excluding hydrogens is 488 g/mol. The fourth-order valence-corrected chi connectivity index (χ4v) is 5.16. The molecule has 35 heavy (non-hydrogen) atoms. The highest BCUT2D eigenvalue weighted by Crippen LogP contribution is 2.44. The number of aliphatic hydroxyl groups is 1. The van der Waals surface area contributed by atoms with Gasteiger partial charge in [0, 0.05) is 10.6 Å². The molecule has 176 valence electrons. The molecule has 1 aromatic heterocycles. The summed E-state index contributed by atoms with van der Waals surface area (Å²) in [7, 11) is 0. The fraction of sp³-hybridized carbons (Fsp3) is 0.115. The molecule has 2 N–H and O–H groups in total. The van der Waals surface area contributed by atoms with Gasteiger partial charge < -0.3 is 14.9 Å². The van der Waals surface area contributed by atoms with Gasteiger partial charge in [0.05, 0.1) is 28.4 Å². The Labute approximate surface area is 209 Å². The summed E-state index contributed by atoms with van der Waals surface area (Å²) in [5.41, 5.74) is 1.46. The maximum Gasteiger partial charge on any atom is 0.301 e. The molecule has 0 bridgehead atoms. The van der Waals surface area contributed by atoms with E-state index in [0.717, 1.165) is 4.70 Å². The minimum absolute atomic E-state index is 0.0341. The topological polar surface area (TPSA) is 100.0 Å². The fourth-order valence-electron chi connectivity index (χ4n) is 4.02. The average Bonchev–Trinajstić information content (AvgIpc) is 3.38. The van der Waals surface area contributed by atoms with E-state index in [1.165, 1.54) is 28.4 Å². The third-order valence-corrected chi connectivity index (χ3v) is 6.91. The van der Waals surface area contributed by atoms with E-state index in [-0.39, 0.29) is 17.1 Å². The molecule has 0 aliphatic carbocycles. The van der Waals surface area contributed by atoms with Crippen molar-refractivity contribution in [3.8, 4) is 11.5 Å². The molecule has 3 aromatic carbocycles. The van der Waals surface area contributed by atoms with Gasteiger partial charge >= 0.3 is 5.91 Å². The zero-order chi connectivity index (χ0) is 24.7. The third-order valence-electron chi connectivity index (χ3n) is 5.64. The molecule has 2 heterocycles. The molecule has 0 saturated carbocycles. The van der Waals surface area contributed by atoms with E-state index in [2.05, 4.69) is 4.98 Å². The second-order valence-electron chi connectivity index (χ2n) is 7.83. The van der Waals surface area contributed by atoms with Crippen molar-refractivity contribution in [1.82, 2.24) is 4.98 Å². The highest BCUT2D eigenvalue weighted by atomic mass is 35.5. The molecule has 9 heteroatoms. The number of ether oxygens (including phenoxy) is 1. The van der Waals surface area contributed by atoms with Crippen LogP contribution in [0.25, 0.3) is 16.0 Å². The third kappa shape index (κ3) is 4.11. The summed E-state index contributed by atoms with van der Waals surface area (Å²) in [5, 5.41) is 21.7. The number of anilines is 1. The van der Waals surface area contributed by atoms with Crippen LogP contribution in [0.2, 0.25) is 5.02 Å². The number of phenolic OH excluding ortho intramolecular Hbond substituents is 1. The van der Waals surface area contributed by atoms with Gasteiger partial charge in [-0.05, 0) is 67.1 Å². The number of aromatic nitrogens is 1. The maximum absolute atomic E-state index is 13.3. The number of thiazole rings is 1. The van der Waals surface area contributed by atoms with E-state index in [1.807, 2.05) is 13.0 Å². The molecule has 1 aliphatic heterocycles. The molecule has 0 spiro atoms. The van der Waals surface area contributed by atoms with Crippen molar-refractivity contribution in [2.75, 3.05) is 11.5 Å². The first-order valence-corrected chi connectivity index (χ1v) is 12.0. The Balaban J connectivity index is 1.69. The Bertz CT molecular complexity index is 1480. The Hall–Kier alpha value is -3.88. The van der Waals surface area contributed by atoms with Gasteiger partial charge in [0.15, 0.2) is 5.13 Å². The number of carbonyl (C=O) groups excluding carboxylic acids is 2. The summed E-state index contributed by atoms with van der Waals surface area (Å²) in [6, 6.07) is 16.9. The van der Waals surface area contributed by atoms with Gasteiger partial charge in [0.25, 0.3) is 5.78 Å². The van der Waals surface area contributed by atoms with Gasteiger partial charge in [-0.15, -0.1) is 0 Å². The number of Topliss-reactive ketones (excluding diaryl/α,β-unsaturated/α-hetero) is 1. The van der Waals surface area contributed by atoms with Crippen LogP contribution in [-0.4, -0.2) is 33.5 Å². The van der Waals surface area contributed by atoms with E-state index in [9.17, 15) is 19.8 Å². The second-order valence-corrected chi connectivity index (χ2v) is 9.27. The van der Waals surface area contributed by atoms with Crippen molar-refractivity contribution in [1.29, 1.82) is 0 Å². The van der Waals surface area contributed by atoms with E-state index >= 15 is 0 Å². The standard InChI is InChI=1S/C26H19ClN2O5S/c1-2-34-18-11-12-19-20(13-18)35-26(28-19)29-22(14-5-9-17(30)10-6-14)21(24(32)25(29)33)23(31)15-3-7-16(27)8-4-15/h3-13,22,30-31H,2H2,1H3. The van der Waals surface area contributed by atoms with E-state index < -0.39 is 17.7 Å². The van der Waals surface area contributed by atoms with Crippen LogP contribution >= 0.6 is 22.9 Å². The Morgan fingerprint density at radius 1 is 1.09 bits per heavy atom. The number of fused-ring (bicyclic) bond motifs is 1. The first-order valence-electron chi connectivity index (χ1n) is 10.8. The Morgan fingerprint density at radius 3 is 2.49 bits per heavy atom. The van der Waals surface area contributed by atoms with E-state index in [0.29, 0.717) is 39.2 Å². The summed E-state index contributed by atoms with van der Waals surface area (Å²) in [5.74, 6) is -1.24. The van der Waals surface area contributed by atoms with Gasteiger partial charge in [0.2, 0.25) is 0 Å². The lowest BCUT2D eigenvalue weighted by molar-refractivity contribution is -0.132. The SMILES string of the molecule is CCOc1ccc2nc(N3C(=O)C(=O)C(=C(O)c4ccc(Cl)cc4)C3c3ccc(O)cc3)sc2c1. The molecule has 1 fully saturated rings.